The number of rotatable bonds is 4. The topological polar surface area (TPSA) is 21.1 Å². The molecule has 0 N–H and O–H groups in total. The van der Waals surface area contributed by atoms with Crippen molar-refractivity contribution in [3.8, 4) is 0 Å². The molecule has 1 heterocycles. The molecule has 0 spiro atoms. The van der Waals surface area contributed by atoms with Gasteiger partial charge >= 0.3 is 0 Å². The third-order valence-corrected chi connectivity index (χ3v) is 2.59. The van der Waals surface area contributed by atoms with Crippen molar-refractivity contribution in [3.05, 3.63) is 17.7 Å². The minimum absolute atomic E-state index is 0.0723. The third-order valence-electron chi connectivity index (χ3n) is 2.59. The van der Waals surface area contributed by atoms with E-state index in [-0.39, 0.29) is 12.0 Å². The standard InChI is InChI=1S/C11H20FN3/c1-8(2)14(5)7-10-6-13-15(9(3)4)11(10)12/h6,8-9H,7H2,1-5H3. The lowest BCUT2D eigenvalue weighted by atomic mass is 10.2. The van der Waals surface area contributed by atoms with Crippen molar-refractivity contribution in [1.82, 2.24) is 14.7 Å². The summed E-state index contributed by atoms with van der Waals surface area (Å²) in [6.07, 6.45) is 1.62. The smallest absolute Gasteiger partial charge is 0.216 e. The maximum absolute atomic E-state index is 13.8. The van der Waals surface area contributed by atoms with E-state index in [4.69, 9.17) is 0 Å². The largest absolute Gasteiger partial charge is 0.299 e. The number of hydrogen-bond acceptors (Lipinski definition) is 2. The van der Waals surface area contributed by atoms with Gasteiger partial charge in [-0.25, -0.2) is 4.68 Å². The van der Waals surface area contributed by atoms with Gasteiger partial charge in [-0.05, 0) is 34.7 Å². The minimum atomic E-state index is -0.211. The first-order valence-corrected chi connectivity index (χ1v) is 5.35. The number of halogens is 1. The summed E-state index contributed by atoms with van der Waals surface area (Å²) in [6, 6.07) is 0.481. The van der Waals surface area contributed by atoms with Crippen LogP contribution in [0, 0.1) is 5.95 Å². The average Bonchev–Trinajstić information content (AvgIpc) is 2.48. The fraction of sp³-hybridized carbons (Fsp3) is 0.727. The van der Waals surface area contributed by atoms with Crippen molar-refractivity contribution in [2.24, 2.45) is 0 Å². The average molecular weight is 213 g/mol. The predicted molar refractivity (Wildman–Crippen MR) is 59.2 cm³/mol. The molecule has 0 amide bonds. The molecule has 0 saturated carbocycles. The van der Waals surface area contributed by atoms with Crippen molar-refractivity contribution in [2.45, 2.75) is 46.3 Å². The Labute approximate surface area is 90.9 Å². The van der Waals surface area contributed by atoms with E-state index in [1.54, 1.807) is 6.20 Å². The Morgan fingerprint density at radius 3 is 2.40 bits per heavy atom. The lowest BCUT2D eigenvalue weighted by molar-refractivity contribution is 0.260. The van der Waals surface area contributed by atoms with Crippen molar-refractivity contribution >= 4 is 0 Å². The molecule has 1 aromatic rings. The van der Waals surface area contributed by atoms with Gasteiger partial charge in [0.2, 0.25) is 5.95 Å². The van der Waals surface area contributed by atoms with E-state index in [0.29, 0.717) is 18.2 Å². The minimum Gasteiger partial charge on any atom is -0.299 e. The van der Waals surface area contributed by atoms with E-state index in [9.17, 15) is 4.39 Å². The van der Waals surface area contributed by atoms with Crippen molar-refractivity contribution in [3.63, 3.8) is 0 Å². The van der Waals surface area contributed by atoms with Crippen LogP contribution < -0.4 is 0 Å². The van der Waals surface area contributed by atoms with Crippen LogP contribution in [0.1, 0.15) is 39.3 Å². The molecule has 0 fully saturated rings. The highest BCUT2D eigenvalue weighted by molar-refractivity contribution is 5.07. The summed E-state index contributed by atoms with van der Waals surface area (Å²) >= 11 is 0. The summed E-state index contributed by atoms with van der Waals surface area (Å²) in [5, 5.41) is 4.04. The van der Waals surface area contributed by atoms with Crippen LogP contribution in [0.25, 0.3) is 0 Å². The fourth-order valence-corrected chi connectivity index (χ4v) is 1.30. The molecular formula is C11H20FN3. The summed E-state index contributed by atoms with van der Waals surface area (Å²) in [4.78, 5) is 2.09. The molecule has 0 saturated heterocycles. The molecule has 0 aliphatic rings. The second-order valence-corrected chi connectivity index (χ2v) is 4.51. The zero-order valence-corrected chi connectivity index (χ0v) is 10.2. The highest BCUT2D eigenvalue weighted by atomic mass is 19.1. The highest BCUT2D eigenvalue weighted by Gasteiger charge is 2.14. The van der Waals surface area contributed by atoms with Crippen molar-refractivity contribution in [1.29, 1.82) is 0 Å². The summed E-state index contributed by atoms with van der Waals surface area (Å²) in [6.45, 7) is 8.63. The Morgan fingerprint density at radius 1 is 1.40 bits per heavy atom. The van der Waals surface area contributed by atoms with E-state index < -0.39 is 0 Å². The van der Waals surface area contributed by atoms with Gasteiger partial charge in [0.1, 0.15) is 0 Å². The number of aromatic nitrogens is 2. The van der Waals surface area contributed by atoms with Crippen LogP contribution in [0.15, 0.2) is 6.20 Å². The van der Waals surface area contributed by atoms with Crippen molar-refractivity contribution < 1.29 is 4.39 Å². The molecule has 0 aliphatic heterocycles. The molecule has 4 heteroatoms. The van der Waals surface area contributed by atoms with E-state index in [1.165, 1.54) is 4.68 Å². The molecule has 86 valence electrons. The quantitative estimate of drug-likeness (QED) is 0.766. The molecule has 15 heavy (non-hydrogen) atoms. The van der Waals surface area contributed by atoms with Gasteiger partial charge in [0, 0.05) is 24.2 Å². The monoisotopic (exact) mass is 213 g/mol. The number of hydrogen-bond donors (Lipinski definition) is 0. The molecule has 0 aromatic carbocycles. The molecule has 0 unspecified atom stereocenters. The fourth-order valence-electron chi connectivity index (χ4n) is 1.30. The van der Waals surface area contributed by atoms with Crippen LogP contribution >= 0.6 is 0 Å². The first-order chi connectivity index (χ1) is 6.93. The SMILES string of the molecule is CC(C)N(C)Cc1cnn(C(C)C)c1F. The normalized spacial score (nSPS) is 12.1. The van der Waals surface area contributed by atoms with Crippen LogP contribution in [0.3, 0.4) is 0 Å². The Morgan fingerprint density at radius 2 is 2.00 bits per heavy atom. The second kappa shape index (κ2) is 4.75. The Hall–Kier alpha value is -0.900. The van der Waals surface area contributed by atoms with Crippen LogP contribution in [0.5, 0.6) is 0 Å². The zero-order chi connectivity index (χ0) is 11.6. The van der Waals surface area contributed by atoms with Crippen LogP contribution in [-0.4, -0.2) is 27.8 Å². The van der Waals surface area contributed by atoms with E-state index >= 15 is 0 Å². The summed E-state index contributed by atoms with van der Waals surface area (Å²) in [5.74, 6) is -0.211. The Balaban J connectivity index is 2.79. The molecule has 1 rings (SSSR count). The van der Waals surface area contributed by atoms with Crippen molar-refractivity contribution in [2.75, 3.05) is 7.05 Å². The Bertz CT molecular complexity index is 318. The summed E-state index contributed by atoms with van der Waals surface area (Å²) < 4.78 is 15.2. The molecule has 3 nitrogen and oxygen atoms in total. The van der Waals surface area contributed by atoms with Gasteiger partial charge in [-0.1, -0.05) is 0 Å². The summed E-state index contributed by atoms with van der Waals surface area (Å²) in [5.41, 5.74) is 0.667. The van der Waals surface area contributed by atoms with Gasteiger partial charge in [-0.2, -0.15) is 9.49 Å². The molecule has 0 aliphatic carbocycles. The third kappa shape index (κ3) is 2.78. The van der Waals surface area contributed by atoms with Gasteiger partial charge in [-0.15, -0.1) is 0 Å². The number of nitrogens with zero attached hydrogens (tertiary/aromatic N) is 3. The first kappa shape index (κ1) is 12.2. The van der Waals surface area contributed by atoms with Crippen LogP contribution in [0.4, 0.5) is 4.39 Å². The first-order valence-electron chi connectivity index (χ1n) is 5.35. The van der Waals surface area contributed by atoms with E-state index in [2.05, 4.69) is 23.8 Å². The molecule has 0 radical (unpaired) electrons. The zero-order valence-electron chi connectivity index (χ0n) is 10.2. The van der Waals surface area contributed by atoms with Gasteiger partial charge in [0.25, 0.3) is 0 Å². The van der Waals surface area contributed by atoms with E-state index in [1.807, 2.05) is 20.9 Å². The predicted octanol–water partition coefficient (Wildman–Crippen LogP) is 2.44. The molecule has 1 aromatic heterocycles. The maximum atomic E-state index is 13.8. The van der Waals surface area contributed by atoms with Gasteiger partial charge in [0.15, 0.2) is 0 Å². The maximum Gasteiger partial charge on any atom is 0.216 e. The van der Waals surface area contributed by atoms with E-state index in [0.717, 1.165) is 0 Å². The lowest BCUT2D eigenvalue weighted by Gasteiger charge is -2.20. The molecule has 0 bridgehead atoms. The molecule has 0 atom stereocenters. The Kier molecular flexibility index (Phi) is 3.85. The van der Waals surface area contributed by atoms with Crippen LogP contribution in [0.2, 0.25) is 0 Å². The summed E-state index contributed by atoms with van der Waals surface area (Å²) in [7, 11) is 1.98. The van der Waals surface area contributed by atoms with Crippen LogP contribution in [-0.2, 0) is 6.54 Å². The lowest BCUT2D eigenvalue weighted by Crippen LogP contribution is -2.26. The van der Waals surface area contributed by atoms with Gasteiger partial charge < -0.3 is 0 Å². The van der Waals surface area contributed by atoms with Gasteiger partial charge in [-0.3, -0.25) is 4.90 Å². The second-order valence-electron chi connectivity index (χ2n) is 4.51. The molecular weight excluding hydrogens is 193 g/mol. The van der Waals surface area contributed by atoms with Gasteiger partial charge in [0.05, 0.1) is 6.20 Å². The highest BCUT2D eigenvalue weighted by Crippen LogP contribution is 2.14.